The Morgan fingerprint density at radius 3 is 2.23 bits per heavy atom. The van der Waals surface area contributed by atoms with E-state index in [0.717, 1.165) is 51.6 Å². The molecule has 1 N–H and O–H groups in total. The number of carbonyl (C=O) groups is 1. The highest BCUT2D eigenvalue weighted by atomic mass is 16.4. The molecule has 2 heterocycles. The first-order chi connectivity index (χ1) is 12.6. The Hall–Kier alpha value is -2.06. The van der Waals surface area contributed by atoms with Crippen LogP contribution in [0, 0.1) is 16.7 Å². The van der Waals surface area contributed by atoms with Crippen molar-refractivity contribution in [2.45, 2.75) is 50.0 Å². The molecule has 1 aliphatic carbocycles. The zero-order valence-electron chi connectivity index (χ0n) is 15.2. The standard InChI is InChI=1S/C21H27N3O2/c22-14-21(17-4-2-1-3-5-17)8-6-18(7-9-21)23-12-10-20(11-13-23)15-24(16-20)19(25)26/h1-5,18H,6-13,15-16H2,(H,25,26). The Balaban J connectivity index is 1.32. The topological polar surface area (TPSA) is 67.6 Å². The van der Waals surface area contributed by atoms with Gasteiger partial charge in [0.1, 0.15) is 0 Å². The lowest BCUT2D eigenvalue weighted by Gasteiger charge is -2.54. The van der Waals surface area contributed by atoms with Gasteiger partial charge in [0.05, 0.1) is 11.5 Å². The lowest BCUT2D eigenvalue weighted by Crippen LogP contribution is -2.62. The molecule has 4 rings (SSSR count). The summed E-state index contributed by atoms with van der Waals surface area (Å²) >= 11 is 0. The molecule has 1 saturated carbocycles. The van der Waals surface area contributed by atoms with Gasteiger partial charge in [0, 0.05) is 24.5 Å². The highest BCUT2D eigenvalue weighted by Crippen LogP contribution is 2.44. The normalized spacial score (nSPS) is 31.2. The number of benzene rings is 1. The molecule has 5 heteroatoms. The van der Waals surface area contributed by atoms with E-state index in [1.54, 1.807) is 0 Å². The summed E-state index contributed by atoms with van der Waals surface area (Å²) in [6.07, 6.45) is 5.47. The zero-order valence-corrected chi connectivity index (χ0v) is 15.2. The van der Waals surface area contributed by atoms with Crippen molar-refractivity contribution in [2.24, 2.45) is 5.41 Å². The minimum absolute atomic E-state index is 0.240. The molecule has 1 spiro atoms. The Kier molecular flexibility index (Phi) is 4.40. The van der Waals surface area contributed by atoms with Crippen LogP contribution in [-0.4, -0.2) is 53.2 Å². The number of likely N-dealkylation sites (tertiary alicyclic amines) is 2. The minimum Gasteiger partial charge on any atom is -0.465 e. The maximum Gasteiger partial charge on any atom is 0.407 e. The third kappa shape index (κ3) is 2.97. The van der Waals surface area contributed by atoms with Crippen LogP contribution in [-0.2, 0) is 5.41 Å². The molecular weight excluding hydrogens is 326 g/mol. The third-order valence-corrected chi connectivity index (χ3v) is 7.05. The molecule has 0 bridgehead atoms. The fraction of sp³-hybridized carbons (Fsp3) is 0.619. The van der Waals surface area contributed by atoms with E-state index in [2.05, 4.69) is 23.1 Å². The quantitative estimate of drug-likeness (QED) is 0.884. The van der Waals surface area contributed by atoms with Crippen molar-refractivity contribution in [1.29, 1.82) is 5.26 Å². The van der Waals surface area contributed by atoms with Crippen LogP contribution < -0.4 is 0 Å². The summed E-state index contributed by atoms with van der Waals surface area (Å²) < 4.78 is 0. The summed E-state index contributed by atoms with van der Waals surface area (Å²) in [5.74, 6) is 0. The van der Waals surface area contributed by atoms with Gasteiger partial charge in [0.15, 0.2) is 0 Å². The predicted molar refractivity (Wildman–Crippen MR) is 98.8 cm³/mol. The third-order valence-electron chi connectivity index (χ3n) is 7.05. The number of nitrogens with zero attached hydrogens (tertiary/aromatic N) is 3. The van der Waals surface area contributed by atoms with Gasteiger partial charge in [-0.2, -0.15) is 5.26 Å². The van der Waals surface area contributed by atoms with Crippen molar-refractivity contribution < 1.29 is 9.90 Å². The average molecular weight is 353 g/mol. The molecule has 2 saturated heterocycles. The van der Waals surface area contributed by atoms with Gasteiger partial charge >= 0.3 is 6.09 Å². The average Bonchev–Trinajstić information content (AvgIpc) is 2.67. The summed E-state index contributed by atoms with van der Waals surface area (Å²) in [6.45, 7) is 3.57. The van der Waals surface area contributed by atoms with E-state index in [9.17, 15) is 10.1 Å². The number of nitriles is 1. The molecule has 26 heavy (non-hydrogen) atoms. The summed E-state index contributed by atoms with van der Waals surface area (Å²) in [7, 11) is 0. The van der Waals surface area contributed by atoms with Crippen LogP contribution in [0.25, 0.3) is 0 Å². The number of amides is 1. The second-order valence-electron chi connectivity index (χ2n) is 8.47. The lowest BCUT2D eigenvalue weighted by atomic mass is 9.68. The first kappa shape index (κ1) is 17.4. The van der Waals surface area contributed by atoms with Crippen LogP contribution in [0.15, 0.2) is 30.3 Å². The van der Waals surface area contributed by atoms with E-state index in [-0.39, 0.29) is 10.8 Å². The summed E-state index contributed by atoms with van der Waals surface area (Å²) in [6, 6.07) is 13.5. The Morgan fingerprint density at radius 2 is 1.69 bits per heavy atom. The van der Waals surface area contributed by atoms with Crippen LogP contribution in [0.2, 0.25) is 0 Å². The molecule has 3 aliphatic rings. The van der Waals surface area contributed by atoms with Gasteiger partial charge in [0.2, 0.25) is 0 Å². The number of hydrogen-bond acceptors (Lipinski definition) is 3. The monoisotopic (exact) mass is 353 g/mol. The highest BCUT2D eigenvalue weighted by molar-refractivity contribution is 5.66. The van der Waals surface area contributed by atoms with E-state index in [4.69, 9.17) is 5.11 Å². The number of hydrogen-bond donors (Lipinski definition) is 1. The first-order valence-corrected chi connectivity index (χ1v) is 9.75. The molecule has 3 fully saturated rings. The SMILES string of the molecule is N#CC1(c2ccccc2)CCC(N2CCC3(CC2)CN(C(=O)O)C3)CC1. The van der Waals surface area contributed by atoms with Gasteiger partial charge in [-0.15, -0.1) is 0 Å². The van der Waals surface area contributed by atoms with Gasteiger partial charge in [-0.25, -0.2) is 4.79 Å². The van der Waals surface area contributed by atoms with Crippen molar-refractivity contribution in [3.05, 3.63) is 35.9 Å². The van der Waals surface area contributed by atoms with E-state index in [1.807, 2.05) is 18.2 Å². The molecule has 0 unspecified atom stereocenters. The molecule has 0 aromatic heterocycles. The molecule has 0 radical (unpaired) electrons. The van der Waals surface area contributed by atoms with Crippen molar-refractivity contribution >= 4 is 6.09 Å². The van der Waals surface area contributed by atoms with Gasteiger partial charge in [-0.1, -0.05) is 30.3 Å². The molecule has 1 aromatic carbocycles. The molecule has 0 atom stereocenters. The van der Waals surface area contributed by atoms with Crippen molar-refractivity contribution in [1.82, 2.24) is 9.80 Å². The highest BCUT2D eigenvalue weighted by Gasteiger charge is 2.48. The molecule has 1 aromatic rings. The summed E-state index contributed by atoms with van der Waals surface area (Å²) in [5.41, 5.74) is 1.09. The lowest BCUT2D eigenvalue weighted by molar-refractivity contribution is -0.0454. The fourth-order valence-electron chi connectivity index (χ4n) is 5.26. The van der Waals surface area contributed by atoms with Gasteiger partial charge in [-0.05, 0) is 57.2 Å². The second-order valence-corrected chi connectivity index (χ2v) is 8.47. The predicted octanol–water partition coefficient (Wildman–Crippen LogP) is 3.47. The second kappa shape index (κ2) is 6.59. The molecular formula is C21H27N3O2. The van der Waals surface area contributed by atoms with E-state index in [1.165, 1.54) is 10.5 Å². The van der Waals surface area contributed by atoms with Gasteiger partial charge in [0.25, 0.3) is 0 Å². The maximum absolute atomic E-state index is 11.0. The van der Waals surface area contributed by atoms with Crippen LogP contribution in [0.4, 0.5) is 4.79 Å². The van der Waals surface area contributed by atoms with Crippen LogP contribution in [0.1, 0.15) is 44.1 Å². The largest absolute Gasteiger partial charge is 0.465 e. The van der Waals surface area contributed by atoms with E-state index < -0.39 is 6.09 Å². The fourth-order valence-corrected chi connectivity index (χ4v) is 5.26. The molecule has 138 valence electrons. The van der Waals surface area contributed by atoms with Crippen LogP contribution >= 0.6 is 0 Å². The Bertz CT molecular complexity index is 688. The summed E-state index contributed by atoms with van der Waals surface area (Å²) in [5, 5.41) is 18.9. The molecule has 2 aliphatic heterocycles. The van der Waals surface area contributed by atoms with Crippen molar-refractivity contribution in [3.63, 3.8) is 0 Å². The molecule has 5 nitrogen and oxygen atoms in total. The van der Waals surface area contributed by atoms with Gasteiger partial charge in [-0.3, -0.25) is 0 Å². The van der Waals surface area contributed by atoms with Crippen molar-refractivity contribution in [2.75, 3.05) is 26.2 Å². The smallest absolute Gasteiger partial charge is 0.407 e. The zero-order chi connectivity index (χ0) is 18.2. The van der Waals surface area contributed by atoms with Gasteiger partial charge < -0.3 is 14.9 Å². The van der Waals surface area contributed by atoms with Crippen LogP contribution in [0.5, 0.6) is 0 Å². The first-order valence-electron chi connectivity index (χ1n) is 9.75. The maximum atomic E-state index is 11.0. The van der Waals surface area contributed by atoms with Crippen LogP contribution in [0.3, 0.4) is 0 Å². The minimum atomic E-state index is -0.779. The Labute approximate surface area is 155 Å². The van der Waals surface area contributed by atoms with E-state index >= 15 is 0 Å². The summed E-state index contributed by atoms with van der Waals surface area (Å²) in [4.78, 5) is 15.2. The Morgan fingerprint density at radius 1 is 1.08 bits per heavy atom. The number of rotatable bonds is 2. The number of piperidine rings is 1. The van der Waals surface area contributed by atoms with E-state index in [0.29, 0.717) is 19.1 Å². The number of carboxylic acid groups (broad SMARTS) is 1. The molecule has 1 amide bonds. The van der Waals surface area contributed by atoms with Crippen molar-refractivity contribution in [3.8, 4) is 6.07 Å².